The fourth-order valence-corrected chi connectivity index (χ4v) is 3.99. The highest BCUT2D eigenvalue weighted by Crippen LogP contribution is 2.35. The van der Waals surface area contributed by atoms with Crippen LogP contribution in [-0.2, 0) is 37.1 Å². The highest BCUT2D eigenvalue weighted by atomic mass is 35.5. The van der Waals surface area contributed by atoms with Crippen molar-refractivity contribution in [2.75, 3.05) is 13.3 Å². The molecule has 0 bridgehead atoms. The van der Waals surface area contributed by atoms with Crippen molar-refractivity contribution in [2.24, 2.45) is 11.8 Å². The fourth-order valence-electron chi connectivity index (χ4n) is 3.72. The van der Waals surface area contributed by atoms with E-state index in [2.05, 4.69) is 0 Å². The molecule has 0 radical (unpaired) electrons. The van der Waals surface area contributed by atoms with E-state index >= 15 is 0 Å². The minimum atomic E-state index is -0.649. The Labute approximate surface area is 160 Å². The van der Waals surface area contributed by atoms with Crippen molar-refractivity contribution in [3.63, 3.8) is 0 Å². The molecule has 8 heteroatoms. The average molecular weight is 392 g/mol. The van der Waals surface area contributed by atoms with Gasteiger partial charge >= 0.3 is 5.97 Å². The summed E-state index contributed by atoms with van der Waals surface area (Å²) in [6, 6.07) is 3.39. The van der Waals surface area contributed by atoms with E-state index in [-0.39, 0.29) is 43.6 Å². The zero-order valence-electron chi connectivity index (χ0n) is 14.5. The van der Waals surface area contributed by atoms with Crippen LogP contribution in [0.25, 0.3) is 0 Å². The zero-order chi connectivity index (χ0) is 19.0. The third-order valence-electron chi connectivity index (χ3n) is 5.03. The maximum absolute atomic E-state index is 12.4. The summed E-state index contributed by atoms with van der Waals surface area (Å²) < 4.78 is 16.0. The first-order valence-corrected chi connectivity index (χ1v) is 9.10. The number of esters is 1. The molecule has 2 amide bonds. The summed E-state index contributed by atoms with van der Waals surface area (Å²) in [5.41, 5.74) is 1.40. The summed E-state index contributed by atoms with van der Waals surface area (Å²) in [5.74, 6) is -1.38. The Morgan fingerprint density at radius 3 is 2.59 bits per heavy atom. The normalized spacial score (nSPS) is 23.7. The van der Waals surface area contributed by atoms with Gasteiger partial charge in [0.25, 0.3) is 0 Å². The summed E-state index contributed by atoms with van der Waals surface area (Å²) in [4.78, 5) is 38.1. The van der Waals surface area contributed by atoms with E-state index in [1.54, 1.807) is 12.1 Å². The molecule has 27 heavy (non-hydrogen) atoms. The molecule has 2 heterocycles. The lowest BCUT2D eigenvalue weighted by Gasteiger charge is -2.21. The number of benzene rings is 1. The van der Waals surface area contributed by atoms with Gasteiger partial charge in [0.2, 0.25) is 11.8 Å². The van der Waals surface area contributed by atoms with Crippen molar-refractivity contribution < 1.29 is 28.6 Å². The molecule has 1 fully saturated rings. The van der Waals surface area contributed by atoms with E-state index in [1.165, 1.54) is 0 Å². The number of fused-ring (bicyclic) bond motifs is 2. The average Bonchev–Trinajstić information content (AvgIpc) is 2.91. The van der Waals surface area contributed by atoms with Crippen molar-refractivity contribution >= 4 is 29.4 Å². The molecule has 1 saturated heterocycles. The zero-order valence-corrected chi connectivity index (χ0v) is 15.2. The molecule has 0 aromatic heterocycles. The molecule has 1 aromatic carbocycles. The van der Waals surface area contributed by atoms with Gasteiger partial charge in [0.1, 0.15) is 18.9 Å². The van der Waals surface area contributed by atoms with Gasteiger partial charge in [-0.3, -0.25) is 19.3 Å². The number of ether oxygens (including phenoxy) is 3. The second-order valence-corrected chi connectivity index (χ2v) is 7.18. The molecule has 0 saturated carbocycles. The van der Waals surface area contributed by atoms with Crippen LogP contribution in [0.1, 0.15) is 24.0 Å². The van der Waals surface area contributed by atoms with Crippen molar-refractivity contribution in [1.82, 2.24) is 4.90 Å². The predicted molar refractivity (Wildman–Crippen MR) is 93.6 cm³/mol. The standard InChI is InChI=1S/C19H18ClNO6/c20-13-5-11-8-25-10-27-17(11)12(6-13)9-26-16(22)7-21-18(23)14-3-1-2-4-15(14)19(21)24/h1-2,5-6,14-15H,3-4,7-10H2/t14-,15+. The molecule has 7 nitrogen and oxygen atoms in total. The van der Waals surface area contributed by atoms with Gasteiger partial charge < -0.3 is 14.2 Å². The van der Waals surface area contributed by atoms with Crippen molar-refractivity contribution in [2.45, 2.75) is 26.1 Å². The first-order chi connectivity index (χ1) is 13.0. The minimum absolute atomic E-state index is 0.0631. The van der Waals surface area contributed by atoms with Crippen molar-refractivity contribution in [3.05, 3.63) is 40.4 Å². The molecule has 1 aromatic rings. The van der Waals surface area contributed by atoms with Crippen LogP contribution in [0.2, 0.25) is 5.02 Å². The maximum Gasteiger partial charge on any atom is 0.326 e. The number of hydrogen-bond acceptors (Lipinski definition) is 6. The number of nitrogens with zero attached hydrogens (tertiary/aromatic N) is 1. The Morgan fingerprint density at radius 2 is 1.89 bits per heavy atom. The first kappa shape index (κ1) is 18.0. The van der Waals surface area contributed by atoms with Gasteiger partial charge in [-0.15, -0.1) is 0 Å². The molecule has 1 aliphatic carbocycles. The predicted octanol–water partition coefficient (Wildman–Crippen LogP) is 2.20. The van der Waals surface area contributed by atoms with Gasteiger partial charge in [-0.1, -0.05) is 23.8 Å². The van der Waals surface area contributed by atoms with E-state index in [0.29, 0.717) is 35.8 Å². The van der Waals surface area contributed by atoms with Crippen LogP contribution < -0.4 is 4.74 Å². The molecule has 3 aliphatic rings. The highest BCUT2D eigenvalue weighted by molar-refractivity contribution is 6.30. The molecule has 2 atom stereocenters. The largest absolute Gasteiger partial charge is 0.467 e. The molecule has 0 unspecified atom stereocenters. The summed E-state index contributed by atoms with van der Waals surface area (Å²) in [6.07, 6.45) is 4.88. The Balaban J connectivity index is 1.40. The quantitative estimate of drug-likeness (QED) is 0.444. The van der Waals surface area contributed by atoms with E-state index in [0.717, 1.165) is 10.5 Å². The molecule has 142 valence electrons. The lowest BCUT2D eigenvalue weighted by atomic mass is 9.85. The second kappa shape index (κ2) is 7.32. The number of rotatable bonds is 4. The molecule has 0 spiro atoms. The topological polar surface area (TPSA) is 82.1 Å². The van der Waals surface area contributed by atoms with Gasteiger partial charge in [-0.2, -0.15) is 0 Å². The van der Waals surface area contributed by atoms with Crippen LogP contribution >= 0.6 is 11.6 Å². The Bertz CT molecular complexity index is 810. The number of imide groups is 1. The molecular formula is C19H18ClNO6. The van der Waals surface area contributed by atoms with Crippen LogP contribution in [0.5, 0.6) is 5.75 Å². The van der Waals surface area contributed by atoms with E-state index in [1.807, 2.05) is 12.2 Å². The van der Waals surface area contributed by atoms with Crippen LogP contribution in [-0.4, -0.2) is 36.0 Å². The summed E-state index contributed by atoms with van der Waals surface area (Å²) >= 11 is 6.09. The number of allylic oxidation sites excluding steroid dienone is 2. The SMILES string of the molecule is O=C(CN1C(=O)[C@H]2CC=CC[C@H]2C1=O)OCc1cc(Cl)cc2c1OCOC2. The van der Waals surface area contributed by atoms with E-state index < -0.39 is 5.97 Å². The second-order valence-electron chi connectivity index (χ2n) is 6.74. The lowest BCUT2D eigenvalue weighted by Crippen LogP contribution is -2.36. The summed E-state index contributed by atoms with van der Waals surface area (Å²) in [6.45, 7) is 0.0390. The van der Waals surface area contributed by atoms with Gasteiger partial charge in [-0.25, -0.2) is 0 Å². The van der Waals surface area contributed by atoms with Crippen molar-refractivity contribution in [3.8, 4) is 5.75 Å². The van der Waals surface area contributed by atoms with Gasteiger partial charge in [-0.05, 0) is 25.0 Å². The number of amides is 2. The number of hydrogen-bond donors (Lipinski definition) is 0. The number of carbonyl (C=O) groups is 3. The molecule has 0 N–H and O–H groups in total. The third kappa shape index (κ3) is 3.44. The number of likely N-dealkylation sites (tertiary alicyclic amines) is 1. The fraction of sp³-hybridized carbons (Fsp3) is 0.421. The maximum atomic E-state index is 12.4. The summed E-state index contributed by atoms with van der Waals surface area (Å²) in [7, 11) is 0. The Kier molecular flexibility index (Phi) is 4.88. The van der Waals surface area contributed by atoms with Crippen LogP contribution in [0.3, 0.4) is 0 Å². The number of halogens is 1. The van der Waals surface area contributed by atoms with Gasteiger partial charge in [0.05, 0.1) is 18.4 Å². The smallest absolute Gasteiger partial charge is 0.326 e. The van der Waals surface area contributed by atoms with Crippen LogP contribution in [0.15, 0.2) is 24.3 Å². The highest BCUT2D eigenvalue weighted by Gasteiger charge is 2.47. The van der Waals surface area contributed by atoms with Crippen LogP contribution in [0.4, 0.5) is 0 Å². The van der Waals surface area contributed by atoms with Gasteiger partial charge in [0, 0.05) is 16.1 Å². The minimum Gasteiger partial charge on any atom is -0.467 e. The molecular weight excluding hydrogens is 374 g/mol. The Hall–Kier alpha value is -2.38. The number of carbonyl (C=O) groups excluding carboxylic acids is 3. The van der Waals surface area contributed by atoms with Gasteiger partial charge in [0.15, 0.2) is 6.79 Å². The summed E-state index contributed by atoms with van der Waals surface area (Å²) in [5, 5.41) is 0.482. The van der Waals surface area contributed by atoms with E-state index in [4.69, 9.17) is 25.8 Å². The third-order valence-corrected chi connectivity index (χ3v) is 5.24. The van der Waals surface area contributed by atoms with Crippen LogP contribution in [0, 0.1) is 11.8 Å². The van der Waals surface area contributed by atoms with E-state index in [9.17, 15) is 14.4 Å². The molecule has 4 rings (SSSR count). The van der Waals surface area contributed by atoms with Crippen molar-refractivity contribution in [1.29, 1.82) is 0 Å². The lowest BCUT2D eigenvalue weighted by molar-refractivity contribution is -0.153. The monoisotopic (exact) mass is 391 g/mol. The first-order valence-electron chi connectivity index (χ1n) is 8.72. The Morgan fingerprint density at radius 1 is 1.19 bits per heavy atom. The molecule has 2 aliphatic heterocycles.